The third-order valence-corrected chi connectivity index (χ3v) is 7.49. The van der Waals surface area contributed by atoms with Crippen LogP contribution in [-0.4, -0.2) is 68.0 Å². The molecule has 0 unspecified atom stereocenters. The first-order valence-electron chi connectivity index (χ1n) is 16.1. The van der Waals surface area contributed by atoms with Crippen LogP contribution < -0.4 is 0 Å². The number of carbonyl (C=O) groups is 4. The van der Waals surface area contributed by atoms with Gasteiger partial charge in [0.2, 0.25) is 0 Å². The minimum absolute atomic E-state index is 0.00672. The fourth-order valence-electron chi connectivity index (χ4n) is 5.35. The van der Waals surface area contributed by atoms with Gasteiger partial charge in [0.05, 0.1) is 7.11 Å². The van der Waals surface area contributed by atoms with Gasteiger partial charge in [-0.05, 0) is 78.0 Å². The van der Waals surface area contributed by atoms with E-state index in [0.717, 1.165) is 29.1 Å². The highest BCUT2D eigenvalue weighted by Crippen LogP contribution is 2.28. The zero-order valence-corrected chi connectivity index (χ0v) is 29.1. The predicted molar refractivity (Wildman–Crippen MR) is 182 cm³/mol. The molecule has 0 saturated carbocycles. The number of imide groups is 1. The van der Waals surface area contributed by atoms with Crippen LogP contribution in [0.4, 0.5) is 9.59 Å². The van der Waals surface area contributed by atoms with Crippen LogP contribution in [0.1, 0.15) is 75.3 Å². The lowest BCUT2D eigenvalue weighted by Gasteiger charge is -2.32. The molecule has 0 saturated heterocycles. The molecular weight excluding hydrogens is 630 g/mol. The molecule has 4 rings (SSSR count). The van der Waals surface area contributed by atoms with Gasteiger partial charge < -0.3 is 33.6 Å². The Balaban J connectivity index is 1.68. The number of benzene rings is 2. The molecule has 2 aromatic heterocycles. The molecule has 12 nitrogen and oxygen atoms in total. The molecule has 2 aromatic carbocycles. The van der Waals surface area contributed by atoms with Crippen LogP contribution in [0.2, 0.25) is 0 Å². The molecule has 0 spiro atoms. The Morgan fingerprint density at radius 3 is 2.10 bits per heavy atom. The van der Waals surface area contributed by atoms with Crippen LogP contribution in [0.15, 0.2) is 66.9 Å². The summed E-state index contributed by atoms with van der Waals surface area (Å²) in [7, 11) is 1.15. The second-order valence-corrected chi connectivity index (χ2v) is 13.6. The lowest BCUT2D eigenvalue weighted by Crippen LogP contribution is -2.52. The summed E-state index contributed by atoms with van der Waals surface area (Å²) in [4.78, 5) is 57.3. The van der Waals surface area contributed by atoms with Gasteiger partial charge in [-0.3, -0.25) is 0 Å². The molecule has 262 valence electrons. The zero-order valence-electron chi connectivity index (χ0n) is 29.1. The molecule has 1 atom stereocenters. The number of aromatic amines is 1. The van der Waals surface area contributed by atoms with Gasteiger partial charge in [0.25, 0.3) is 0 Å². The molecule has 0 aliphatic heterocycles. The Labute approximate surface area is 285 Å². The normalized spacial score (nSPS) is 12.3. The van der Waals surface area contributed by atoms with Crippen LogP contribution in [0, 0.1) is 0 Å². The fraction of sp³-hybridized carbons (Fsp3) is 0.405. The molecular formula is C37H45N3O9. The van der Waals surface area contributed by atoms with E-state index in [-0.39, 0.29) is 37.4 Å². The van der Waals surface area contributed by atoms with Gasteiger partial charge in [0, 0.05) is 35.4 Å². The quantitative estimate of drug-likeness (QED) is 0.128. The summed E-state index contributed by atoms with van der Waals surface area (Å²) in [5.41, 5.74) is 1.15. The number of carbonyl (C=O) groups excluding carboxylic acids is 4. The van der Waals surface area contributed by atoms with Gasteiger partial charge in [-0.1, -0.05) is 48.5 Å². The molecule has 2 amide bonds. The summed E-state index contributed by atoms with van der Waals surface area (Å²) >= 11 is 0. The average molecular weight is 676 g/mol. The minimum atomic E-state index is -1.46. The van der Waals surface area contributed by atoms with Crippen LogP contribution in [0.5, 0.6) is 5.75 Å². The lowest BCUT2D eigenvalue weighted by molar-refractivity contribution is -0.147. The zero-order chi connectivity index (χ0) is 35.9. The van der Waals surface area contributed by atoms with E-state index in [9.17, 15) is 24.3 Å². The van der Waals surface area contributed by atoms with Crippen molar-refractivity contribution in [1.82, 2.24) is 14.5 Å². The number of aryl methyl sites for hydroxylation is 2. The summed E-state index contributed by atoms with van der Waals surface area (Å²) in [6.07, 6.45) is 0.107. The van der Waals surface area contributed by atoms with Crippen molar-refractivity contribution in [3.63, 3.8) is 0 Å². The topological polar surface area (TPSA) is 149 Å². The number of nitrogens with one attached hydrogen (secondary N) is 1. The van der Waals surface area contributed by atoms with Crippen molar-refractivity contribution < 1.29 is 43.2 Å². The number of aromatic hydroxyl groups is 1. The number of aromatic nitrogens is 2. The third-order valence-electron chi connectivity index (χ3n) is 7.49. The Kier molecular flexibility index (Phi) is 11.4. The van der Waals surface area contributed by atoms with Crippen molar-refractivity contribution in [3.05, 3.63) is 89.4 Å². The number of para-hydroxylation sites is 1. The standard InChI is InChI=1S/C37H45N3O9/c1-36(2,3)48-34(44)40(35(45)49-37(4,5)6)29(32(42)46-7)18-17-26-21-30(41)31(33(43)47-23-24-13-9-8-10-14-24)39(26)20-19-25-22-38-28-16-12-11-15-27(25)28/h8-16,21-22,29,38,41H,17-20,23H2,1-7H3/t29-/m0/s1. The number of esters is 2. The maximum Gasteiger partial charge on any atom is 0.420 e. The van der Waals surface area contributed by atoms with E-state index in [1.54, 1.807) is 46.1 Å². The number of rotatable bonds is 11. The monoisotopic (exact) mass is 675 g/mol. The molecule has 4 aromatic rings. The second-order valence-electron chi connectivity index (χ2n) is 13.6. The van der Waals surface area contributed by atoms with E-state index < -0.39 is 41.4 Å². The highest BCUT2D eigenvalue weighted by atomic mass is 16.6. The van der Waals surface area contributed by atoms with E-state index in [0.29, 0.717) is 17.0 Å². The minimum Gasteiger partial charge on any atom is -0.505 e. The summed E-state index contributed by atoms with van der Waals surface area (Å²) < 4.78 is 23.2. The fourth-order valence-corrected chi connectivity index (χ4v) is 5.35. The average Bonchev–Trinajstić information content (AvgIpc) is 3.58. The van der Waals surface area contributed by atoms with Gasteiger partial charge in [-0.2, -0.15) is 4.90 Å². The van der Waals surface area contributed by atoms with Gasteiger partial charge in [-0.15, -0.1) is 0 Å². The van der Waals surface area contributed by atoms with Crippen molar-refractivity contribution in [2.75, 3.05) is 7.11 Å². The van der Waals surface area contributed by atoms with Crippen LogP contribution in [-0.2, 0) is 49.7 Å². The molecule has 0 fully saturated rings. The Bertz CT molecular complexity index is 1750. The van der Waals surface area contributed by atoms with Crippen molar-refractivity contribution >= 4 is 35.0 Å². The van der Waals surface area contributed by atoms with E-state index in [4.69, 9.17) is 18.9 Å². The second kappa shape index (κ2) is 15.3. The largest absolute Gasteiger partial charge is 0.505 e. The van der Waals surface area contributed by atoms with Crippen molar-refractivity contribution in [1.29, 1.82) is 0 Å². The molecule has 12 heteroatoms. The van der Waals surface area contributed by atoms with E-state index in [1.807, 2.05) is 60.8 Å². The maximum absolute atomic E-state index is 13.5. The molecule has 0 bridgehead atoms. The maximum atomic E-state index is 13.5. The Hall–Kier alpha value is -5.26. The third kappa shape index (κ3) is 9.65. The lowest BCUT2D eigenvalue weighted by atomic mass is 10.1. The molecule has 0 aliphatic carbocycles. The molecule has 0 aliphatic rings. The molecule has 0 radical (unpaired) electrons. The number of amides is 2. The number of H-pyrrole nitrogens is 1. The molecule has 2 N–H and O–H groups in total. The smallest absolute Gasteiger partial charge is 0.420 e. The highest BCUT2D eigenvalue weighted by Gasteiger charge is 2.41. The Morgan fingerprint density at radius 1 is 0.878 bits per heavy atom. The first-order chi connectivity index (χ1) is 23.1. The highest BCUT2D eigenvalue weighted by molar-refractivity contribution is 5.94. The van der Waals surface area contributed by atoms with Crippen molar-refractivity contribution in [3.8, 4) is 5.75 Å². The van der Waals surface area contributed by atoms with Crippen molar-refractivity contribution in [2.24, 2.45) is 0 Å². The SMILES string of the molecule is COC(=O)[C@H](CCc1cc(O)c(C(=O)OCc2ccccc2)n1CCc1c[nH]c2ccccc12)N(C(=O)OC(C)(C)C)C(=O)OC(C)(C)C. The summed E-state index contributed by atoms with van der Waals surface area (Å²) in [6.45, 7) is 10.0. The summed E-state index contributed by atoms with van der Waals surface area (Å²) in [6, 6.07) is 17.0. The van der Waals surface area contributed by atoms with Crippen LogP contribution in [0.25, 0.3) is 10.9 Å². The first-order valence-corrected chi connectivity index (χ1v) is 16.1. The van der Waals surface area contributed by atoms with Gasteiger partial charge in [0.15, 0.2) is 5.69 Å². The van der Waals surface area contributed by atoms with Crippen LogP contribution in [0.3, 0.4) is 0 Å². The van der Waals surface area contributed by atoms with E-state index >= 15 is 0 Å². The van der Waals surface area contributed by atoms with Gasteiger partial charge >= 0.3 is 24.1 Å². The van der Waals surface area contributed by atoms with Gasteiger partial charge in [-0.25, -0.2) is 19.2 Å². The number of hydrogen-bond donors (Lipinski definition) is 2. The van der Waals surface area contributed by atoms with Crippen molar-refractivity contribution in [2.45, 2.75) is 91.2 Å². The number of nitrogens with zero attached hydrogens (tertiary/aromatic N) is 2. The Morgan fingerprint density at radius 2 is 1.49 bits per heavy atom. The summed E-state index contributed by atoms with van der Waals surface area (Å²) in [5, 5.41) is 12.1. The molecule has 2 heterocycles. The number of hydrogen-bond acceptors (Lipinski definition) is 9. The van der Waals surface area contributed by atoms with E-state index in [2.05, 4.69) is 4.98 Å². The number of fused-ring (bicyclic) bond motifs is 1. The van der Waals surface area contributed by atoms with Gasteiger partial charge in [0.1, 0.15) is 29.6 Å². The first kappa shape index (κ1) is 36.6. The van der Waals surface area contributed by atoms with E-state index in [1.165, 1.54) is 6.07 Å². The number of ether oxygens (including phenoxy) is 4. The summed E-state index contributed by atoms with van der Waals surface area (Å²) in [5.74, 6) is -1.92. The molecule has 49 heavy (non-hydrogen) atoms. The predicted octanol–water partition coefficient (Wildman–Crippen LogP) is 6.92. The van der Waals surface area contributed by atoms with Crippen LogP contribution >= 0.6 is 0 Å². The number of methoxy groups -OCH3 is 1.